The van der Waals surface area contributed by atoms with Crippen LogP contribution in [0.5, 0.6) is 0 Å². The van der Waals surface area contributed by atoms with Crippen molar-refractivity contribution in [1.29, 1.82) is 0 Å². The monoisotopic (exact) mass is 192 g/mol. The molecule has 78 valence electrons. The Balaban J connectivity index is 2.79. The largest absolute Gasteiger partial charge is 0.394 e. The van der Waals surface area contributed by atoms with Crippen LogP contribution >= 0.6 is 0 Å². The maximum Gasteiger partial charge on any atom is 0.197 e. The van der Waals surface area contributed by atoms with Crippen LogP contribution in [0.2, 0.25) is 0 Å². The SMILES string of the molecule is CC[C@]1(OC)O[C@H](CO)[C@@H](O)[C@H]1O. The minimum atomic E-state index is -1.17. The van der Waals surface area contributed by atoms with Crippen LogP contribution in [-0.4, -0.2) is 53.1 Å². The van der Waals surface area contributed by atoms with Crippen molar-refractivity contribution in [3.8, 4) is 0 Å². The van der Waals surface area contributed by atoms with E-state index < -0.39 is 24.1 Å². The highest BCUT2D eigenvalue weighted by atomic mass is 16.7. The molecule has 0 radical (unpaired) electrons. The first-order valence-corrected chi connectivity index (χ1v) is 4.31. The van der Waals surface area contributed by atoms with E-state index in [1.165, 1.54) is 7.11 Å². The predicted molar refractivity (Wildman–Crippen MR) is 44.0 cm³/mol. The third-order valence-corrected chi connectivity index (χ3v) is 2.52. The van der Waals surface area contributed by atoms with Gasteiger partial charge in [0, 0.05) is 13.5 Å². The molecular formula is C8H16O5. The fourth-order valence-electron chi connectivity index (χ4n) is 1.61. The molecule has 3 N–H and O–H groups in total. The zero-order chi connectivity index (χ0) is 10.1. The van der Waals surface area contributed by atoms with E-state index in [2.05, 4.69) is 0 Å². The van der Waals surface area contributed by atoms with Crippen molar-refractivity contribution >= 4 is 0 Å². The average molecular weight is 192 g/mol. The van der Waals surface area contributed by atoms with Crippen LogP contribution in [0, 0.1) is 0 Å². The summed E-state index contributed by atoms with van der Waals surface area (Å²) in [5, 5.41) is 27.9. The molecule has 1 saturated heterocycles. The molecule has 0 aromatic rings. The third-order valence-electron chi connectivity index (χ3n) is 2.52. The molecule has 0 aromatic heterocycles. The van der Waals surface area contributed by atoms with Gasteiger partial charge in [0.1, 0.15) is 18.3 Å². The lowest BCUT2D eigenvalue weighted by atomic mass is 10.0. The van der Waals surface area contributed by atoms with Crippen molar-refractivity contribution in [2.45, 2.75) is 37.4 Å². The summed E-state index contributed by atoms with van der Waals surface area (Å²) in [5.41, 5.74) is 0. The van der Waals surface area contributed by atoms with E-state index in [-0.39, 0.29) is 6.61 Å². The van der Waals surface area contributed by atoms with Gasteiger partial charge < -0.3 is 24.8 Å². The number of aliphatic hydroxyl groups is 3. The van der Waals surface area contributed by atoms with E-state index in [1.54, 1.807) is 6.92 Å². The van der Waals surface area contributed by atoms with Crippen molar-refractivity contribution in [3.05, 3.63) is 0 Å². The van der Waals surface area contributed by atoms with Crippen molar-refractivity contribution < 1.29 is 24.8 Å². The predicted octanol–water partition coefficient (Wildman–Crippen LogP) is -1.15. The fraction of sp³-hybridized carbons (Fsp3) is 1.00. The lowest BCUT2D eigenvalue weighted by molar-refractivity contribution is -0.248. The van der Waals surface area contributed by atoms with Gasteiger partial charge in [0.05, 0.1) is 6.61 Å². The number of aliphatic hydroxyl groups excluding tert-OH is 3. The zero-order valence-electron chi connectivity index (χ0n) is 7.80. The second kappa shape index (κ2) is 3.89. The summed E-state index contributed by atoms with van der Waals surface area (Å²) in [6.45, 7) is 1.45. The Bertz CT molecular complexity index is 168. The maximum absolute atomic E-state index is 9.60. The number of hydrogen-bond donors (Lipinski definition) is 3. The summed E-state index contributed by atoms with van der Waals surface area (Å²) in [5.74, 6) is -1.17. The first-order valence-electron chi connectivity index (χ1n) is 4.31. The van der Waals surface area contributed by atoms with Crippen molar-refractivity contribution in [1.82, 2.24) is 0 Å². The number of ether oxygens (including phenoxy) is 2. The minimum Gasteiger partial charge on any atom is -0.394 e. The molecule has 0 bridgehead atoms. The average Bonchev–Trinajstić information content (AvgIpc) is 2.42. The third kappa shape index (κ3) is 1.58. The summed E-state index contributed by atoms with van der Waals surface area (Å²) in [6, 6.07) is 0. The van der Waals surface area contributed by atoms with E-state index in [0.29, 0.717) is 6.42 Å². The van der Waals surface area contributed by atoms with Crippen LogP contribution in [0.25, 0.3) is 0 Å². The molecular weight excluding hydrogens is 176 g/mol. The first kappa shape index (κ1) is 10.9. The Kier molecular flexibility index (Phi) is 3.26. The molecule has 5 heteroatoms. The lowest BCUT2D eigenvalue weighted by Gasteiger charge is -2.28. The highest BCUT2D eigenvalue weighted by Crippen LogP contribution is 2.34. The molecule has 0 saturated carbocycles. The van der Waals surface area contributed by atoms with Crippen molar-refractivity contribution in [2.24, 2.45) is 0 Å². The van der Waals surface area contributed by atoms with Gasteiger partial charge in [-0.25, -0.2) is 0 Å². The topological polar surface area (TPSA) is 79.2 Å². The highest BCUT2D eigenvalue weighted by molar-refractivity contribution is 4.95. The van der Waals surface area contributed by atoms with Gasteiger partial charge in [0.15, 0.2) is 5.79 Å². The van der Waals surface area contributed by atoms with Gasteiger partial charge in [-0.3, -0.25) is 0 Å². The molecule has 0 aliphatic carbocycles. The molecule has 5 nitrogen and oxygen atoms in total. The molecule has 0 unspecified atom stereocenters. The van der Waals surface area contributed by atoms with Crippen molar-refractivity contribution in [3.63, 3.8) is 0 Å². The smallest absolute Gasteiger partial charge is 0.197 e. The fourth-order valence-corrected chi connectivity index (χ4v) is 1.61. The van der Waals surface area contributed by atoms with Gasteiger partial charge in [-0.15, -0.1) is 0 Å². The Morgan fingerprint density at radius 2 is 2.08 bits per heavy atom. The van der Waals surface area contributed by atoms with Crippen molar-refractivity contribution in [2.75, 3.05) is 13.7 Å². The quantitative estimate of drug-likeness (QED) is 0.526. The molecule has 0 amide bonds. The Labute approximate surface area is 76.9 Å². The highest BCUT2D eigenvalue weighted by Gasteiger charge is 2.53. The molecule has 0 spiro atoms. The maximum atomic E-state index is 9.60. The summed E-state index contributed by atoms with van der Waals surface area (Å²) in [7, 11) is 1.40. The van der Waals surface area contributed by atoms with E-state index in [9.17, 15) is 10.2 Å². The lowest BCUT2D eigenvalue weighted by Crippen LogP contribution is -2.44. The zero-order valence-corrected chi connectivity index (χ0v) is 7.80. The van der Waals surface area contributed by atoms with Gasteiger partial charge in [-0.05, 0) is 0 Å². The van der Waals surface area contributed by atoms with Gasteiger partial charge in [0.25, 0.3) is 0 Å². The van der Waals surface area contributed by atoms with E-state index in [4.69, 9.17) is 14.6 Å². The summed E-state index contributed by atoms with van der Waals surface area (Å²) in [6.07, 6.45) is -2.56. The number of methoxy groups -OCH3 is 1. The Hall–Kier alpha value is -0.200. The van der Waals surface area contributed by atoms with Gasteiger partial charge in [-0.2, -0.15) is 0 Å². The van der Waals surface area contributed by atoms with E-state index in [1.807, 2.05) is 0 Å². The van der Waals surface area contributed by atoms with Crippen LogP contribution < -0.4 is 0 Å². The molecule has 1 aliphatic heterocycles. The van der Waals surface area contributed by atoms with Gasteiger partial charge in [0.2, 0.25) is 0 Å². The van der Waals surface area contributed by atoms with Gasteiger partial charge >= 0.3 is 0 Å². The molecule has 1 aliphatic rings. The molecule has 13 heavy (non-hydrogen) atoms. The van der Waals surface area contributed by atoms with E-state index >= 15 is 0 Å². The van der Waals surface area contributed by atoms with Crippen LogP contribution in [-0.2, 0) is 9.47 Å². The molecule has 1 fully saturated rings. The molecule has 4 atom stereocenters. The standard InChI is InChI=1S/C8H16O5/c1-3-8(12-2)7(11)6(10)5(4-9)13-8/h5-7,9-11H,3-4H2,1-2H3/t5-,6-,7-,8+/m1/s1. The van der Waals surface area contributed by atoms with Crippen LogP contribution in [0.4, 0.5) is 0 Å². The molecule has 0 aromatic carbocycles. The van der Waals surface area contributed by atoms with Crippen LogP contribution in [0.15, 0.2) is 0 Å². The normalized spacial score (nSPS) is 45.5. The summed E-state index contributed by atoms with van der Waals surface area (Å²) >= 11 is 0. The number of rotatable bonds is 3. The van der Waals surface area contributed by atoms with Gasteiger partial charge in [-0.1, -0.05) is 6.92 Å². The second-order valence-corrected chi connectivity index (χ2v) is 3.14. The summed E-state index contributed by atoms with van der Waals surface area (Å²) in [4.78, 5) is 0. The molecule has 1 rings (SSSR count). The summed E-state index contributed by atoms with van der Waals surface area (Å²) < 4.78 is 10.3. The second-order valence-electron chi connectivity index (χ2n) is 3.14. The van der Waals surface area contributed by atoms with Crippen LogP contribution in [0.3, 0.4) is 0 Å². The number of hydrogen-bond acceptors (Lipinski definition) is 5. The Morgan fingerprint density at radius 1 is 1.46 bits per heavy atom. The molecule has 1 heterocycles. The Morgan fingerprint density at radius 3 is 2.31 bits per heavy atom. The van der Waals surface area contributed by atoms with Crippen LogP contribution in [0.1, 0.15) is 13.3 Å². The first-order chi connectivity index (χ1) is 6.11. The van der Waals surface area contributed by atoms with E-state index in [0.717, 1.165) is 0 Å². The minimum absolute atomic E-state index is 0.330.